The number of hydrogen-bond acceptors (Lipinski definition) is 4. The normalized spacial score (nSPS) is 22.0. The fourth-order valence-corrected chi connectivity index (χ4v) is 4.07. The molecule has 3 rings (SSSR count). The van der Waals surface area contributed by atoms with Gasteiger partial charge < -0.3 is 10.4 Å². The zero-order chi connectivity index (χ0) is 20.1. The molecule has 0 unspecified atom stereocenters. The minimum Gasteiger partial charge on any atom is -0.394 e. The summed E-state index contributed by atoms with van der Waals surface area (Å²) in [5.74, 6) is 0.702. The van der Waals surface area contributed by atoms with Gasteiger partial charge >= 0.3 is 0 Å². The molecule has 0 saturated heterocycles. The van der Waals surface area contributed by atoms with Crippen LogP contribution in [0.4, 0.5) is 0 Å². The summed E-state index contributed by atoms with van der Waals surface area (Å²) in [7, 11) is 0. The molecular formula is C22H31N3O3. The van der Waals surface area contributed by atoms with Crippen LogP contribution in [0.15, 0.2) is 35.4 Å². The number of aliphatic hydroxyl groups excluding tert-OH is 1. The summed E-state index contributed by atoms with van der Waals surface area (Å²) < 4.78 is 1.71. The van der Waals surface area contributed by atoms with Crippen LogP contribution in [-0.4, -0.2) is 33.2 Å². The highest BCUT2D eigenvalue weighted by Gasteiger charge is 2.28. The Morgan fingerprint density at radius 1 is 1.29 bits per heavy atom. The largest absolute Gasteiger partial charge is 0.394 e. The predicted octanol–water partition coefficient (Wildman–Crippen LogP) is 2.73. The number of rotatable bonds is 7. The fourth-order valence-electron chi connectivity index (χ4n) is 4.07. The molecule has 6 nitrogen and oxygen atoms in total. The quantitative estimate of drug-likeness (QED) is 0.768. The number of amides is 1. The van der Waals surface area contributed by atoms with Crippen LogP contribution in [0.2, 0.25) is 0 Å². The number of carbonyl (C=O) groups excluding carboxylic acids is 1. The van der Waals surface area contributed by atoms with Crippen LogP contribution in [0.25, 0.3) is 10.9 Å². The number of carbonyl (C=O) groups is 1. The van der Waals surface area contributed by atoms with Crippen LogP contribution in [0.5, 0.6) is 0 Å². The highest BCUT2D eigenvalue weighted by atomic mass is 16.3. The van der Waals surface area contributed by atoms with Crippen molar-refractivity contribution in [2.24, 2.45) is 17.8 Å². The molecule has 2 N–H and O–H groups in total. The molecule has 1 heterocycles. The molecule has 2 aromatic rings. The Morgan fingerprint density at radius 3 is 2.68 bits per heavy atom. The van der Waals surface area contributed by atoms with E-state index in [1.165, 1.54) is 0 Å². The molecule has 152 valence electrons. The van der Waals surface area contributed by atoms with Gasteiger partial charge in [-0.2, -0.15) is 0 Å². The third kappa shape index (κ3) is 4.61. The summed E-state index contributed by atoms with van der Waals surface area (Å²) in [6, 6.07) is 7.24. The lowest BCUT2D eigenvalue weighted by atomic mass is 9.81. The number of fused-ring (bicyclic) bond motifs is 1. The molecule has 1 aromatic carbocycles. The lowest BCUT2D eigenvalue weighted by molar-refractivity contribution is -0.127. The van der Waals surface area contributed by atoms with Gasteiger partial charge in [0, 0.05) is 12.5 Å². The molecule has 1 saturated carbocycles. The Bertz CT molecular complexity index is 855. The minimum atomic E-state index is -0.169. The monoisotopic (exact) mass is 385 g/mol. The van der Waals surface area contributed by atoms with E-state index in [2.05, 4.69) is 17.2 Å². The third-order valence-corrected chi connectivity index (χ3v) is 6.26. The van der Waals surface area contributed by atoms with Crippen LogP contribution in [0, 0.1) is 17.8 Å². The van der Waals surface area contributed by atoms with E-state index in [1.54, 1.807) is 10.9 Å². The smallest absolute Gasteiger partial charge is 0.261 e. The average Bonchev–Trinajstić information content (AvgIpc) is 2.74. The summed E-state index contributed by atoms with van der Waals surface area (Å²) in [6.07, 6.45) is 6.05. The Kier molecular flexibility index (Phi) is 6.83. The maximum Gasteiger partial charge on any atom is 0.261 e. The second kappa shape index (κ2) is 9.32. The second-order valence-electron chi connectivity index (χ2n) is 8.12. The third-order valence-electron chi connectivity index (χ3n) is 6.26. The summed E-state index contributed by atoms with van der Waals surface area (Å²) in [6.45, 7) is 4.74. The standard InChI is InChI=1S/C22H31N3O3/c1-3-15(2)20(13-26)24-21(27)17-10-8-16(9-11-17)12-25-14-23-19-7-5-4-6-18(19)22(25)28/h4-7,14-17,20,26H,3,8-13H2,1-2H3,(H,24,27)/t15-,16?,17?,20-/m1/s1. The Balaban J connectivity index is 1.56. The highest BCUT2D eigenvalue weighted by Crippen LogP contribution is 2.30. The highest BCUT2D eigenvalue weighted by molar-refractivity contribution is 5.79. The van der Waals surface area contributed by atoms with Crippen LogP contribution in [0.1, 0.15) is 46.0 Å². The Morgan fingerprint density at radius 2 is 2.00 bits per heavy atom. The van der Waals surface area contributed by atoms with Crippen molar-refractivity contribution in [2.75, 3.05) is 6.61 Å². The molecule has 1 aliphatic carbocycles. The Hall–Kier alpha value is -2.21. The minimum absolute atomic E-state index is 0.000747. The van der Waals surface area contributed by atoms with E-state index in [1.807, 2.05) is 31.2 Å². The maximum atomic E-state index is 12.7. The predicted molar refractivity (Wildman–Crippen MR) is 110 cm³/mol. The number of para-hydroxylation sites is 1. The number of aromatic nitrogens is 2. The number of aliphatic hydroxyl groups is 1. The van der Waals surface area contributed by atoms with Crippen LogP contribution < -0.4 is 10.9 Å². The first-order valence-corrected chi connectivity index (χ1v) is 10.4. The van der Waals surface area contributed by atoms with E-state index in [-0.39, 0.29) is 36.0 Å². The van der Waals surface area contributed by atoms with Crippen molar-refractivity contribution < 1.29 is 9.90 Å². The number of nitrogens with one attached hydrogen (secondary N) is 1. The maximum absolute atomic E-state index is 12.7. The van der Waals surface area contributed by atoms with Gasteiger partial charge in [-0.3, -0.25) is 14.2 Å². The SMILES string of the molecule is CC[C@@H](C)[C@@H](CO)NC(=O)C1CCC(Cn2cnc3ccccc3c2=O)CC1. The van der Waals surface area contributed by atoms with Gasteiger partial charge in [0.05, 0.1) is 29.9 Å². The van der Waals surface area contributed by atoms with Gasteiger partial charge in [0.2, 0.25) is 5.91 Å². The molecule has 2 atom stereocenters. The number of nitrogens with zero attached hydrogens (tertiary/aromatic N) is 2. The van der Waals surface area contributed by atoms with Gasteiger partial charge in [-0.1, -0.05) is 32.4 Å². The zero-order valence-electron chi connectivity index (χ0n) is 16.8. The first-order chi connectivity index (χ1) is 13.5. The zero-order valence-corrected chi connectivity index (χ0v) is 16.8. The first-order valence-electron chi connectivity index (χ1n) is 10.4. The van der Waals surface area contributed by atoms with Gasteiger partial charge in [0.25, 0.3) is 5.56 Å². The topological polar surface area (TPSA) is 84.2 Å². The van der Waals surface area contributed by atoms with Gasteiger partial charge in [-0.15, -0.1) is 0 Å². The van der Waals surface area contributed by atoms with Gasteiger partial charge in [-0.25, -0.2) is 4.98 Å². The molecule has 1 fully saturated rings. The van der Waals surface area contributed by atoms with E-state index >= 15 is 0 Å². The summed E-state index contributed by atoms with van der Waals surface area (Å²) >= 11 is 0. The molecule has 6 heteroatoms. The van der Waals surface area contributed by atoms with Gasteiger partial charge in [-0.05, 0) is 49.7 Å². The molecule has 1 amide bonds. The number of hydrogen-bond donors (Lipinski definition) is 2. The van der Waals surface area contributed by atoms with Gasteiger partial charge in [0.1, 0.15) is 0 Å². The summed E-state index contributed by atoms with van der Waals surface area (Å²) in [5, 5.41) is 13.2. The van der Waals surface area contributed by atoms with E-state index in [4.69, 9.17) is 0 Å². The second-order valence-corrected chi connectivity index (χ2v) is 8.12. The van der Waals surface area contributed by atoms with Crippen molar-refractivity contribution in [3.63, 3.8) is 0 Å². The molecule has 0 radical (unpaired) electrons. The van der Waals surface area contributed by atoms with Crippen LogP contribution in [0.3, 0.4) is 0 Å². The fraction of sp³-hybridized carbons (Fsp3) is 0.591. The van der Waals surface area contributed by atoms with Crippen molar-refractivity contribution in [1.29, 1.82) is 0 Å². The molecule has 0 bridgehead atoms. The van der Waals surface area contributed by atoms with Crippen LogP contribution in [-0.2, 0) is 11.3 Å². The van der Waals surface area contributed by atoms with Crippen molar-refractivity contribution in [2.45, 2.75) is 58.5 Å². The molecule has 0 spiro atoms. The van der Waals surface area contributed by atoms with Crippen LogP contribution >= 0.6 is 0 Å². The van der Waals surface area contributed by atoms with Crippen molar-refractivity contribution in [1.82, 2.24) is 14.9 Å². The average molecular weight is 386 g/mol. The van der Waals surface area contributed by atoms with Gasteiger partial charge in [0.15, 0.2) is 0 Å². The lowest BCUT2D eigenvalue weighted by Gasteiger charge is -2.30. The molecular weight excluding hydrogens is 354 g/mol. The molecule has 1 aliphatic rings. The summed E-state index contributed by atoms with van der Waals surface area (Å²) in [5.41, 5.74) is 0.730. The van der Waals surface area contributed by atoms with Crippen molar-refractivity contribution in [3.8, 4) is 0 Å². The molecule has 28 heavy (non-hydrogen) atoms. The molecule has 1 aromatic heterocycles. The van der Waals surface area contributed by atoms with E-state index < -0.39 is 0 Å². The van der Waals surface area contributed by atoms with E-state index in [9.17, 15) is 14.7 Å². The van der Waals surface area contributed by atoms with Crippen molar-refractivity contribution >= 4 is 16.8 Å². The molecule has 0 aliphatic heterocycles. The lowest BCUT2D eigenvalue weighted by Crippen LogP contribution is -2.45. The van der Waals surface area contributed by atoms with E-state index in [0.717, 1.165) is 37.6 Å². The summed E-state index contributed by atoms with van der Waals surface area (Å²) in [4.78, 5) is 29.6. The van der Waals surface area contributed by atoms with E-state index in [0.29, 0.717) is 17.8 Å². The first kappa shape index (κ1) is 20.5. The van der Waals surface area contributed by atoms with Crippen molar-refractivity contribution in [3.05, 3.63) is 40.9 Å². The number of benzene rings is 1. The Labute approximate surface area is 166 Å².